The second-order valence-electron chi connectivity index (χ2n) is 3.56. The van der Waals surface area contributed by atoms with E-state index in [4.69, 9.17) is 9.84 Å². The Labute approximate surface area is 121 Å². The lowest BCUT2D eigenvalue weighted by atomic mass is 10.1. The van der Waals surface area contributed by atoms with E-state index in [2.05, 4.69) is 0 Å². The Morgan fingerprint density at radius 2 is 2.11 bits per heavy atom. The summed E-state index contributed by atoms with van der Waals surface area (Å²) in [5, 5.41) is 8.33. The van der Waals surface area contributed by atoms with Crippen molar-refractivity contribution in [2.75, 3.05) is 6.61 Å². The predicted molar refractivity (Wildman–Crippen MR) is 70.6 cm³/mol. The number of carboxylic acid groups (broad SMARTS) is 1. The van der Waals surface area contributed by atoms with Crippen LogP contribution in [-0.4, -0.2) is 17.7 Å². The van der Waals surface area contributed by atoms with E-state index in [0.717, 1.165) is 18.2 Å². The number of aliphatic carboxylic acids is 1. The summed E-state index contributed by atoms with van der Waals surface area (Å²) >= 11 is 1.92. The van der Waals surface area contributed by atoms with Crippen LogP contribution >= 0.6 is 22.6 Å². The van der Waals surface area contributed by atoms with Crippen LogP contribution < -0.4 is 0 Å². The zero-order chi connectivity index (χ0) is 14.5. The van der Waals surface area contributed by atoms with Crippen molar-refractivity contribution in [1.82, 2.24) is 0 Å². The fraction of sp³-hybridized carbons (Fsp3) is 0.250. The number of rotatable bonds is 5. The minimum absolute atomic E-state index is 0.00779. The van der Waals surface area contributed by atoms with E-state index in [1.807, 2.05) is 22.6 Å². The van der Waals surface area contributed by atoms with Crippen molar-refractivity contribution < 1.29 is 27.8 Å². The number of hydrogen-bond donors (Lipinski definition) is 1. The van der Waals surface area contributed by atoms with Crippen molar-refractivity contribution in [2.24, 2.45) is 0 Å². The average Bonchev–Trinajstić information content (AvgIpc) is 2.29. The molecule has 1 N–H and O–H groups in total. The van der Waals surface area contributed by atoms with Crippen LogP contribution in [-0.2, 0) is 22.3 Å². The third-order valence-electron chi connectivity index (χ3n) is 2.11. The van der Waals surface area contributed by atoms with Crippen LogP contribution in [0.4, 0.5) is 13.2 Å². The molecular formula is C12H10F3IO3. The standard InChI is InChI=1S/C12H10F3IO3/c13-12(14,15)9-3-4-10(16)8(6-9)7-19-5-1-2-11(17)18/h1-4,6H,5,7H2,(H,17,18). The molecule has 1 rings (SSSR count). The maximum atomic E-state index is 12.5. The van der Waals surface area contributed by atoms with Crippen LogP contribution in [0.3, 0.4) is 0 Å². The summed E-state index contributed by atoms with van der Waals surface area (Å²) in [5.41, 5.74) is -0.313. The highest BCUT2D eigenvalue weighted by atomic mass is 127. The third kappa shape index (κ3) is 5.60. The van der Waals surface area contributed by atoms with Crippen molar-refractivity contribution in [2.45, 2.75) is 12.8 Å². The van der Waals surface area contributed by atoms with Gasteiger partial charge in [-0.1, -0.05) is 6.08 Å². The molecule has 0 fully saturated rings. The smallest absolute Gasteiger partial charge is 0.416 e. The highest BCUT2D eigenvalue weighted by Crippen LogP contribution is 2.31. The quantitative estimate of drug-likeness (QED) is 0.479. The first-order valence-electron chi connectivity index (χ1n) is 5.13. The normalized spacial score (nSPS) is 12.0. The Morgan fingerprint density at radius 1 is 1.42 bits per heavy atom. The largest absolute Gasteiger partial charge is 0.478 e. The van der Waals surface area contributed by atoms with E-state index in [1.54, 1.807) is 0 Å². The molecule has 0 radical (unpaired) electrons. The fourth-order valence-corrected chi connectivity index (χ4v) is 1.74. The van der Waals surface area contributed by atoms with Gasteiger partial charge in [-0.2, -0.15) is 13.2 Å². The van der Waals surface area contributed by atoms with E-state index in [0.29, 0.717) is 9.13 Å². The van der Waals surface area contributed by atoms with E-state index >= 15 is 0 Å². The maximum Gasteiger partial charge on any atom is 0.416 e. The number of ether oxygens (including phenoxy) is 1. The van der Waals surface area contributed by atoms with Gasteiger partial charge in [0.05, 0.1) is 18.8 Å². The zero-order valence-electron chi connectivity index (χ0n) is 9.58. The number of carbonyl (C=O) groups is 1. The molecule has 0 amide bonds. The molecule has 0 atom stereocenters. The van der Waals surface area contributed by atoms with Gasteiger partial charge in [-0.15, -0.1) is 0 Å². The summed E-state index contributed by atoms with van der Waals surface area (Å²) in [4.78, 5) is 10.2. The van der Waals surface area contributed by atoms with Gasteiger partial charge >= 0.3 is 12.1 Å². The Bertz CT molecular complexity index is 484. The summed E-state index contributed by atoms with van der Waals surface area (Å²) in [6.07, 6.45) is -2.19. The molecule has 0 aliphatic carbocycles. The van der Waals surface area contributed by atoms with Gasteiger partial charge in [-0.25, -0.2) is 4.79 Å². The molecule has 0 bridgehead atoms. The van der Waals surface area contributed by atoms with E-state index in [9.17, 15) is 18.0 Å². The lowest BCUT2D eigenvalue weighted by Gasteiger charge is -2.10. The highest BCUT2D eigenvalue weighted by Gasteiger charge is 2.30. The SMILES string of the molecule is O=C(O)C=CCOCc1cc(C(F)(F)F)ccc1I. The summed E-state index contributed by atoms with van der Waals surface area (Å²) in [6.45, 7) is 0.0186. The van der Waals surface area contributed by atoms with E-state index < -0.39 is 17.7 Å². The van der Waals surface area contributed by atoms with Crippen molar-refractivity contribution in [1.29, 1.82) is 0 Å². The number of benzene rings is 1. The second-order valence-corrected chi connectivity index (χ2v) is 4.72. The van der Waals surface area contributed by atoms with Crippen LogP contribution in [0.1, 0.15) is 11.1 Å². The molecule has 1 aromatic carbocycles. The van der Waals surface area contributed by atoms with Crippen LogP contribution in [0.25, 0.3) is 0 Å². The topological polar surface area (TPSA) is 46.5 Å². The predicted octanol–water partition coefficient (Wildman–Crippen LogP) is 3.47. The van der Waals surface area contributed by atoms with Gasteiger partial charge in [-0.05, 0) is 46.4 Å². The number of carboxylic acids is 1. The van der Waals surface area contributed by atoms with E-state index in [1.165, 1.54) is 12.1 Å². The lowest BCUT2D eigenvalue weighted by Crippen LogP contribution is -2.07. The lowest BCUT2D eigenvalue weighted by molar-refractivity contribution is -0.137. The molecule has 0 aliphatic rings. The molecule has 0 saturated heterocycles. The molecular weight excluding hydrogens is 376 g/mol. The molecule has 104 valence electrons. The molecule has 0 aromatic heterocycles. The Hall–Kier alpha value is -1.09. The minimum Gasteiger partial charge on any atom is -0.478 e. The summed E-state index contributed by atoms with van der Waals surface area (Å²) in [6, 6.07) is 3.41. The second kappa shape index (κ2) is 6.90. The average molecular weight is 386 g/mol. The first-order chi connectivity index (χ1) is 8.80. The Morgan fingerprint density at radius 3 is 2.68 bits per heavy atom. The van der Waals surface area contributed by atoms with Crippen molar-refractivity contribution in [3.8, 4) is 0 Å². The van der Waals surface area contributed by atoms with Crippen LogP contribution in [0.5, 0.6) is 0 Å². The van der Waals surface area contributed by atoms with Crippen LogP contribution in [0.15, 0.2) is 30.4 Å². The summed E-state index contributed by atoms with van der Waals surface area (Å²) in [7, 11) is 0. The van der Waals surface area contributed by atoms with Gasteiger partial charge in [0.15, 0.2) is 0 Å². The Balaban J connectivity index is 2.65. The minimum atomic E-state index is -4.39. The molecule has 0 unspecified atom stereocenters. The maximum absolute atomic E-state index is 12.5. The summed E-state index contributed by atoms with van der Waals surface area (Å²) < 4.78 is 43.3. The molecule has 0 spiro atoms. The molecule has 0 saturated carbocycles. The molecule has 1 aromatic rings. The molecule has 3 nitrogen and oxygen atoms in total. The van der Waals surface area contributed by atoms with Crippen molar-refractivity contribution in [3.05, 3.63) is 45.0 Å². The highest BCUT2D eigenvalue weighted by molar-refractivity contribution is 14.1. The third-order valence-corrected chi connectivity index (χ3v) is 3.16. The van der Waals surface area contributed by atoms with E-state index in [-0.39, 0.29) is 13.2 Å². The van der Waals surface area contributed by atoms with Gasteiger partial charge < -0.3 is 9.84 Å². The van der Waals surface area contributed by atoms with Crippen molar-refractivity contribution in [3.63, 3.8) is 0 Å². The van der Waals surface area contributed by atoms with Gasteiger partial charge in [0.1, 0.15) is 0 Å². The molecule has 0 aliphatic heterocycles. The molecule has 0 heterocycles. The van der Waals surface area contributed by atoms with Crippen molar-refractivity contribution >= 4 is 28.6 Å². The van der Waals surface area contributed by atoms with Crippen LogP contribution in [0.2, 0.25) is 0 Å². The Kier molecular flexibility index (Phi) is 5.80. The van der Waals surface area contributed by atoms with Gasteiger partial charge in [-0.3, -0.25) is 0 Å². The summed E-state index contributed by atoms with van der Waals surface area (Å²) in [5.74, 6) is -1.10. The van der Waals surface area contributed by atoms with Gasteiger partial charge in [0, 0.05) is 9.65 Å². The number of alkyl halides is 3. The van der Waals surface area contributed by atoms with Crippen LogP contribution in [0, 0.1) is 3.57 Å². The number of halogens is 4. The first-order valence-corrected chi connectivity index (χ1v) is 6.21. The van der Waals surface area contributed by atoms with Gasteiger partial charge in [0.25, 0.3) is 0 Å². The zero-order valence-corrected chi connectivity index (χ0v) is 11.7. The first kappa shape index (κ1) is 16.0. The number of hydrogen-bond acceptors (Lipinski definition) is 2. The molecule has 7 heteroatoms. The molecule has 19 heavy (non-hydrogen) atoms. The van der Waals surface area contributed by atoms with Gasteiger partial charge in [0.2, 0.25) is 0 Å². The fourth-order valence-electron chi connectivity index (χ4n) is 1.25. The monoisotopic (exact) mass is 386 g/mol.